The van der Waals surface area contributed by atoms with Crippen LogP contribution in [-0.2, 0) is 23.2 Å². The Hall–Kier alpha value is -0.460. The van der Waals surface area contributed by atoms with Gasteiger partial charge in [-0.05, 0) is 13.8 Å². The van der Waals surface area contributed by atoms with Crippen molar-refractivity contribution in [3.8, 4) is 0 Å². The molecule has 0 aliphatic carbocycles. The average molecular weight is 252 g/mol. The molecule has 1 amide bonds. The van der Waals surface area contributed by atoms with Gasteiger partial charge in [0.2, 0.25) is 0 Å². The maximum atomic E-state index is 12.0. The first-order valence-corrected chi connectivity index (χ1v) is 6.87. The molecule has 1 aliphatic rings. The van der Waals surface area contributed by atoms with Gasteiger partial charge in [0, 0.05) is 0 Å². The predicted molar refractivity (Wildman–Crippen MR) is 56.7 cm³/mol. The minimum atomic E-state index is -3.14. The molecule has 8 heteroatoms. The highest BCUT2D eigenvalue weighted by Gasteiger charge is 2.30. The Labute approximate surface area is 94.3 Å². The van der Waals surface area contributed by atoms with Crippen molar-refractivity contribution in [2.24, 2.45) is 0 Å². The minimum absolute atomic E-state index is 0.00384. The van der Waals surface area contributed by atoms with E-state index in [0.717, 1.165) is 0 Å². The van der Waals surface area contributed by atoms with E-state index in [2.05, 4.69) is 10.8 Å². The van der Waals surface area contributed by atoms with E-state index in [1.807, 2.05) is 0 Å². The van der Waals surface area contributed by atoms with Crippen LogP contribution in [0, 0.1) is 0 Å². The van der Waals surface area contributed by atoms with Gasteiger partial charge in [0.15, 0.2) is 0 Å². The van der Waals surface area contributed by atoms with Crippen LogP contribution in [0.1, 0.15) is 13.8 Å². The van der Waals surface area contributed by atoms with Gasteiger partial charge < -0.3 is 9.05 Å². The normalized spacial score (nSPS) is 21.1. The monoisotopic (exact) mass is 252 g/mol. The van der Waals surface area contributed by atoms with Crippen molar-refractivity contribution in [3.63, 3.8) is 0 Å². The summed E-state index contributed by atoms with van der Waals surface area (Å²) in [7, 11) is -3.14. The highest BCUT2D eigenvalue weighted by atomic mass is 31.2. The van der Waals surface area contributed by atoms with Crippen molar-refractivity contribution in [1.29, 1.82) is 0 Å². The third-order valence-corrected chi connectivity index (χ3v) is 3.80. The molecular weight excluding hydrogens is 235 g/mol. The molecule has 1 fully saturated rings. The molecule has 0 aromatic heterocycles. The largest absolute Gasteiger partial charge is 0.344 e. The Bertz CT molecular complexity index is 276. The number of rotatable bonds is 7. The van der Waals surface area contributed by atoms with E-state index in [-0.39, 0.29) is 18.8 Å². The van der Waals surface area contributed by atoms with E-state index >= 15 is 0 Å². The lowest BCUT2D eigenvalue weighted by atomic mass is 10.3. The number of hydrogen-bond donors (Lipinski definition) is 2. The standard InChI is InChI=1S/C8H17N2O5P/c1-3-14-16(12,15-4-2)6-9-7-5-13-10-8(7)11/h7,9H,3-6H2,1-2H3,(H,10,11). The molecule has 0 aromatic carbocycles. The lowest BCUT2D eigenvalue weighted by molar-refractivity contribution is -0.125. The zero-order valence-electron chi connectivity index (χ0n) is 9.39. The molecule has 0 radical (unpaired) electrons. The summed E-state index contributed by atoms with van der Waals surface area (Å²) in [4.78, 5) is 15.9. The summed E-state index contributed by atoms with van der Waals surface area (Å²) >= 11 is 0. The van der Waals surface area contributed by atoms with Crippen molar-refractivity contribution < 1.29 is 23.2 Å². The van der Waals surface area contributed by atoms with Crippen LogP contribution in [0.15, 0.2) is 0 Å². The van der Waals surface area contributed by atoms with Gasteiger partial charge in [0.05, 0.1) is 26.1 Å². The van der Waals surface area contributed by atoms with Crippen molar-refractivity contribution in [2.75, 3.05) is 26.1 Å². The summed E-state index contributed by atoms with van der Waals surface area (Å²) in [6.07, 6.45) is -0.00384. The zero-order chi connectivity index (χ0) is 12.0. The average Bonchev–Trinajstić information content (AvgIpc) is 2.62. The summed E-state index contributed by atoms with van der Waals surface area (Å²) in [6.45, 7) is 4.27. The minimum Gasteiger partial charge on any atom is -0.308 e. The topological polar surface area (TPSA) is 85.9 Å². The van der Waals surface area contributed by atoms with Gasteiger partial charge in [0.25, 0.3) is 5.91 Å². The molecule has 0 spiro atoms. The fourth-order valence-electron chi connectivity index (χ4n) is 1.24. The third-order valence-electron chi connectivity index (χ3n) is 1.92. The molecule has 0 bridgehead atoms. The number of amides is 1. The van der Waals surface area contributed by atoms with Crippen molar-refractivity contribution >= 4 is 13.5 Å². The SMILES string of the molecule is CCOP(=O)(CNC1CONC1=O)OCC. The van der Waals surface area contributed by atoms with E-state index in [9.17, 15) is 9.36 Å². The smallest absolute Gasteiger partial charge is 0.308 e. The van der Waals surface area contributed by atoms with Crippen LogP contribution in [0.25, 0.3) is 0 Å². The van der Waals surface area contributed by atoms with Gasteiger partial charge in [0.1, 0.15) is 6.04 Å². The highest BCUT2D eigenvalue weighted by Crippen LogP contribution is 2.46. The molecule has 16 heavy (non-hydrogen) atoms. The summed E-state index contributed by atoms with van der Waals surface area (Å²) in [5.74, 6) is -0.278. The van der Waals surface area contributed by atoms with Crippen molar-refractivity contribution in [3.05, 3.63) is 0 Å². The molecular formula is C8H17N2O5P. The summed E-state index contributed by atoms with van der Waals surface area (Å²) < 4.78 is 22.1. The first-order valence-electron chi connectivity index (χ1n) is 5.14. The second-order valence-corrected chi connectivity index (χ2v) is 5.19. The van der Waals surface area contributed by atoms with Crippen LogP contribution in [0.3, 0.4) is 0 Å². The van der Waals surface area contributed by atoms with E-state index < -0.39 is 13.6 Å². The quantitative estimate of drug-likeness (QED) is 0.631. The Morgan fingerprint density at radius 2 is 2.12 bits per heavy atom. The van der Waals surface area contributed by atoms with Crippen molar-refractivity contribution in [2.45, 2.75) is 19.9 Å². The highest BCUT2D eigenvalue weighted by molar-refractivity contribution is 7.53. The molecule has 1 unspecified atom stereocenters. The fourth-order valence-corrected chi connectivity index (χ4v) is 2.73. The zero-order valence-corrected chi connectivity index (χ0v) is 10.3. The van der Waals surface area contributed by atoms with Gasteiger partial charge in [-0.1, -0.05) is 0 Å². The first kappa shape index (κ1) is 13.6. The predicted octanol–water partition coefficient (Wildman–Crippen LogP) is 0.230. The Kier molecular flexibility index (Phi) is 5.37. The molecule has 1 atom stereocenters. The van der Waals surface area contributed by atoms with Gasteiger partial charge in [-0.15, -0.1) is 0 Å². The van der Waals surface area contributed by atoms with E-state index in [4.69, 9.17) is 13.9 Å². The number of carbonyl (C=O) groups excluding carboxylic acids is 1. The fraction of sp³-hybridized carbons (Fsp3) is 0.875. The number of hydroxylamine groups is 1. The van der Waals surface area contributed by atoms with Gasteiger partial charge >= 0.3 is 7.60 Å². The van der Waals surface area contributed by atoms with Crippen LogP contribution >= 0.6 is 7.60 Å². The van der Waals surface area contributed by atoms with Gasteiger partial charge in [-0.25, -0.2) is 5.48 Å². The maximum absolute atomic E-state index is 12.0. The second kappa shape index (κ2) is 6.32. The Morgan fingerprint density at radius 3 is 2.56 bits per heavy atom. The lowest BCUT2D eigenvalue weighted by Gasteiger charge is -2.18. The Balaban J connectivity index is 2.43. The number of carbonyl (C=O) groups is 1. The van der Waals surface area contributed by atoms with Crippen molar-refractivity contribution in [1.82, 2.24) is 10.8 Å². The molecule has 1 heterocycles. The molecule has 2 N–H and O–H groups in total. The summed E-state index contributed by atoms with van der Waals surface area (Å²) in [6, 6.07) is -0.505. The molecule has 1 saturated heterocycles. The second-order valence-electron chi connectivity index (χ2n) is 3.14. The third kappa shape index (κ3) is 3.84. The maximum Gasteiger partial charge on any atom is 0.344 e. The van der Waals surface area contributed by atoms with E-state index in [0.29, 0.717) is 13.2 Å². The Morgan fingerprint density at radius 1 is 1.50 bits per heavy atom. The molecule has 0 saturated carbocycles. The van der Waals surface area contributed by atoms with Crippen LogP contribution in [-0.4, -0.2) is 38.1 Å². The molecule has 1 rings (SSSR count). The lowest BCUT2D eigenvalue weighted by Crippen LogP contribution is -2.38. The molecule has 94 valence electrons. The van der Waals surface area contributed by atoms with Crippen LogP contribution in [0.4, 0.5) is 0 Å². The van der Waals surface area contributed by atoms with Crippen LogP contribution in [0.2, 0.25) is 0 Å². The van der Waals surface area contributed by atoms with E-state index in [1.54, 1.807) is 13.8 Å². The molecule has 7 nitrogen and oxygen atoms in total. The number of hydrogen-bond acceptors (Lipinski definition) is 6. The summed E-state index contributed by atoms with van der Waals surface area (Å²) in [5, 5.41) is 2.79. The van der Waals surface area contributed by atoms with E-state index in [1.165, 1.54) is 0 Å². The number of nitrogens with one attached hydrogen (secondary N) is 2. The molecule has 0 aromatic rings. The summed E-state index contributed by atoms with van der Waals surface area (Å²) in [5.41, 5.74) is 2.20. The first-order chi connectivity index (χ1) is 7.61. The van der Waals surface area contributed by atoms with Crippen LogP contribution < -0.4 is 10.8 Å². The van der Waals surface area contributed by atoms with Gasteiger partial charge in [-0.3, -0.25) is 19.5 Å². The molecule has 1 aliphatic heterocycles. The van der Waals surface area contributed by atoms with Crippen LogP contribution in [0.5, 0.6) is 0 Å². The van der Waals surface area contributed by atoms with Gasteiger partial charge in [-0.2, -0.15) is 0 Å².